The van der Waals surface area contributed by atoms with Crippen molar-refractivity contribution in [1.82, 2.24) is 5.32 Å². The first-order valence-electron chi connectivity index (χ1n) is 6.42. The van der Waals surface area contributed by atoms with Crippen LogP contribution in [0.4, 0.5) is 4.39 Å². The van der Waals surface area contributed by atoms with Crippen molar-refractivity contribution in [3.63, 3.8) is 0 Å². The van der Waals surface area contributed by atoms with Gasteiger partial charge in [0, 0.05) is 18.0 Å². The quantitative estimate of drug-likeness (QED) is 0.866. The van der Waals surface area contributed by atoms with Crippen molar-refractivity contribution in [3.05, 3.63) is 29.6 Å². The van der Waals surface area contributed by atoms with Crippen LogP contribution in [0.5, 0.6) is 5.75 Å². The Morgan fingerprint density at radius 3 is 2.61 bits per heavy atom. The summed E-state index contributed by atoms with van der Waals surface area (Å²) < 4.78 is 19.2. The Kier molecular flexibility index (Phi) is 5.15. The molecule has 0 spiro atoms. The molecule has 1 aromatic rings. The number of halogens is 1. The lowest BCUT2D eigenvalue weighted by molar-refractivity contribution is 0.235. The maximum Gasteiger partial charge on any atom is 0.167 e. The summed E-state index contributed by atoms with van der Waals surface area (Å²) in [5.41, 5.74) is 0.719. The number of hydrogen-bond donors (Lipinski definition) is 1. The zero-order chi connectivity index (χ0) is 13.8. The number of nitrogens with one attached hydrogen (secondary N) is 1. The SMILES string of the molecule is Cc1cccc(OCC(C)CNC(C)(C)C)c1F. The van der Waals surface area contributed by atoms with Gasteiger partial charge in [-0.1, -0.05) is 19.1 Å². The summed E-state index contributed by atoms with van der Waals surface area (Å²) >= 11 is 0. The van der Waals surface area contributed by atoms with E-state index in [1.165, 1.54) is 0 Å². The van der Waals surface area contributed by atoms with E-state index in [4.69, 9.17) is 4.74 Å². The highest BCUT2D eigenvalue weighted by Crippen LogP contribution is 2.20. The van der Waals surface area contributed by atoms with Crippen LogP contribution in [0.3, 0.4) is 0 Å². The molecule has 0 aliphatic rings. The number of hydrogen-bond acceptors (Lipinski definition) is 2. The van der Waals surface area contributed by atoms with Gasteiger partial charge < -0.3 is 10.1 Å². The molecular weight excluding hydrogens is 229 g/mol. The Labute approximate surface area is 110 Å². The molecule has 0 aliphatic heterocycles. The smallest absolute Gasteiger partial charge is 0.167 e. The largest absolute Gasteiger partial charge is 0.490 e. The van der Waals surface area contributed by atoms with Crippen molar-refractivity contribution in [2.75, 3.05) is 13.2 Å². The Morgan fingerprint density at radius 1 is 1.33 bits per heavy atom. The van der Waals surface area contributed by atoms with Gasteiger partial charge in [0.05, 0.1) is 6.61 Å². The van der Waals surface area contributed by atoms with E-state index in [0.717, 1.165) is 6.54 Å². The van der Waals surface area contributed by atoms with Crippen molar-refractivity contribution in [2.45, 2.75) is 40.2 Å². The molecule has 0 bridgehead atoms. The first-order chi connectivity index (χ1) is 8.29. The summed E-state index contributed by atoms with van der Waals surface area (Å²) in [6, 6.07) is 5.23. The fraction of sp³-hybridized carbons (Fsp3) is 0.600. The van der Waals surface area contributed by atoms with Crippen LogP contribution in [-0.4, -0.2) is 18.7 Å². The fourth-order valence-corrected chi connectivity index (χ4v) is 1.50. The molecule has 0 aromatic heterocycles. The van der Waals surface area contributed by atoms with Gasteiger partial charge in [-0.15, -0.1) is 0 Å². The van der Waals surface area contributed by atoms with Gasteiger partial charge in [-0.05, 0) is 39.3 Å². The average Bonchev–Trinajstić information content (AvgIpc) is 2.27. The van der Waals surface area contributed by atoms with Crippen LogP contribution < -0.4 is 10.1 Å². The zero-order valence-electron chi connectivity index (χ0n) is 12.0. The molecule has 102 valence electrons. The molecule has 0 saturated heterocycles. The molecule has 0 saturated carbocycles. The maximum atomic E-state index is 13.7. The van der Waals surface area contributed by atoms with Gasteiger partial charge in [0.1, 0.15) is 0 Å². The molecule has 2 nitrogen and oxygen atoms in total. The van der Waals surface area contributed by atoms with E-state index < -0.39 is 0 Å². The number of ether oxygens (including phenoxy) is 1. The zero-order valence-corrected chi connectivity index (χ0v) is 12.0. The van der Waals surface area contributed by atoms with Crippen molar-refractivity contribution in [3.8, 4) is 5.75 Å². The molecule has 1 unspecified atom stereocenters. The third-order valence-corrected chi connectivity index (χ3v) is 2.66. The monoisotopic (exact) mass is 253 g/mol. The van der Waals surface area contributed by atoms with Gasteiger partial charge in [0.2, 0.25) is 0 Å². The predicted octanol–water partition coefficient (Wildman–Crippen LogP) is 3.54. The second kappa shape index (κ2) is 6.19. The molecule has 0 radical (unpaired) electrons. The van der Waals surface area contributed by atoms with Crippen LogP contribution in [0.2, 0.25) is 0 Å². The summed E-state index contributed by atoms with van der Waals surface area (Å²) in [4.78, 5) is 0. The van der Waals surface area contributed by atoms with Crippen LogP contribution >= 0.6 is 0 Å². The minimum atomic E-state index is -0.256. The van der Waals surface area contributed by atoms with E-state index in [1.54, 1.807) is 19.1 Å². The summed E-state index contributed by atoms with van der Waals surface area (Å²) in [5.74, 6) is 0.426. The molecule has 1 aromatic carbocycles. The van der Waals surface area contributed by atoms with Crippen molar-refractivity contribution in [2.24, 2.45) is 5.92 Å². The van der Waals surface area contributed by atoms with E-state index >= 15 is 0 Å². The topological polar surface area (TPSA) is 21.3 Å². The molecular formula is C15H24FNO. The molecule has 3 heteroatoms. The third-order valence-electron chi connectivity index (χ3n) is 2.66. The summed E-state index contributed by atoms with van der Waals surface area (Å²) in [6.07, 6.45) is 0. The van der Waals surface area contributed by atoms with Crippen LogP contribution in [-0.2, 0) is 0 Å². The molecule has 1 atom stereocenters. The minimum Gasteiger partial charge on any atom is -0.490 e. The lowest BCUT2D eigenvalue weighted by Crippen LogP contribution is -2.39. The van der Waals surface area contributed by atoms with E-state index in [2.05, 4.69) is 33.0 Å². The summed E-state index contributed by atoms with van der Waals surface area (Å²) in [5, 5.41) is 3.41. The first kappa shape index (κ1) is 15.0. The maximum absolute atomic E-state index is 13.7. The molecule has 0 heterocycles. The van der Waals surface area contributed by atoms with Crippen molar-refractivity contribution >= 4 is 0 Å². The lowest BCUT2D eigenvalue weighted by Gasteiger charge is -2.23. The lowest BCUT2D eigenvalue weighted by atomic mass is 10.1. The van der Waals surface area contributed by atoms with Gasteiger partial charge >= 0.3 is 0 Å². The van der Waals surface area contributed by atoms with E-state index in [1.807, 2.05) is 6.07 Å². The predicted molar refractivity (Wildman–Crippen MR) is 73.6 cm³/mol. The Hall–Kier alpha value is -1.09. The minimum absolute atomic E-state index is 0.100. The highest BCUT2D eigenvalue weighted by Gasteiger charge is 2.12. The van der Waals surface area contributed by atoms with Gasteiger partial charge in [-0.2, -0.15) is 0 Å². The standard InChI is InChI=1S/C15H24FNO/c1-11(9-17-15(3,4)5)10-18-13-8-6-7-12(2)14(13)16/h6-8,11,17H,9-10H2,1-5H3. The van der Waals surface area contributed by atoms with Crippen molar-refractivity contribution in [1.29, 1.82) is 0 Å². The van der Waals surface area contributed by atoms with Crippen LogP contribution in [0, 0.1) is 18.7 Å². The molecule has 0 amide bonds. The molecule has 0 fully saturated rings. The summed E-state index contributed by atoms with van der Waals surface area (Å²) in [6.45, 7) is 11.6. The Balaban J connectivity index is 2.43. The number of aryl methyl sites for hydroxylation is 1. The molecule has 18 heavy (non-hydrogen) atoms. The second-order valence-electron chi connectivity index (χ2n) is 5.93. The second-order valence-corrected chi connectivity index (χ2v) is 5.93. The van der Waals surface area contributed by atoms with Crippen molar-refractivity contribution < 1.29 is 9.13 Å². The summed E-state index contributed by atoms with van der Waals surface area (Å²) in [7, 11) is 0. The van der Waals surface area contributed by atoms with Gasteiger partial charge in [-0.25, -0.2) is 4.39 Å². The van der Waals surface area contributed by atoms with Crippen LogP contribution in [0.1, 0.15) is 33.3 Å². The van der Waals surface area contributed by atoms with Crippen LogP contribution in [0.25, 0.3) is 0 Å². The Bertz CT molecular complexity index is 385. The molecule has 0 aliphatic carbocycles. The van der Waals surface area contributed by atoms with E-state index in [0.29, 0.717) is 23.8 Å². The van der Waals surface area contributed by atoms with E-state index in [-0.39, 0.29) is 11.4 Å². The van der Waals surface area contributed by atoms with Gasteiger partial charge in [0.25, 0.3) is 0 Å². The highest BCUT2D eigenvalue weighted by molar-refractivity contribution is 5.30. The number of rotatable bonds is 5. The van der Waals surface area contributed by atoms with Gasteiger partial charge in [0.15, 0.2) is 11.6 Å². The Morgan fingerprint density at radius 2 is 2.00 bits per heavy atom. The third kappa shape index (κ3) is 5.05. The highest BCUT2D eigenvalue weighted by atomic mass is 19.1. The molecule has 1 N–H and O–H groups in total. The first-order valence-corrected chi connectivity index (χ1v) is 6.42. The van der Waals surface area contributed by atoms with E-state index in [9.17, 15) is 4.39 Å². The number of benzene rings is 1. The van der Waals surface area contributed by atoms with Gasteiger partial charge in [-0.3, -0.25) is 0 Å². The molecule has 1 rings (SSSR count). The average molecular weight is 253 g/mol. The fourth-order valence-electron chi connectivity index (χ4n) is 1.50. The normalized spacial score (nSPS) is 13.4. The van der Waals surface area contributed by atoms with Crippen LogP contribution in [0.15, 0.2) is 18.2 Å².